The van der Waals surface area contributed by atoms with Crippen molar-refractivity contribution in [2.24, 2.45) is 0 Å². The van der Waals surface area contributed by atoms with Gasteiger partial charge in [0.05, 0.1) is 12.4 Å². The monoisotopic (exact) mass is 277 g/mol. The van der Waals surface area contributed by atoms with Gasteiger partial charge in [0, 0.05) is 19.6 Å². The third-order valence-electron chi connectivity index (χ3n) is 3.55. The molecule has 1 amide bonds. The van der Waals surface area contributed by atoms with E-state index in [0.717, 1.165) is 6.42 Å². The molecule has 7 heteroatoms. The molecular formula is C11H19NO5S. The van der Waals surface area contributed by atoms with Gasteiger partial charge in [-0.2, -0.15) is 0 Å². The summed E-state index contributed by atoms with van der Waals surface area (Å²) in [5, 5.41) is 11.6. The Kier molecular flexibility index (Phi) is 3.93. The van der Waals surface area contributed by atoms with E-state index in [1.165, 1.54) is 0 Å². The summed E-state index contributed by atoms with van der Waals surface area (Å²) in [5.41, 5.74) is -1.05. The van der Waals surface area contributed by atoms with Gasteiger partial charge in [-0.25, -0.2) is 8.42 Å². The van der Waals surface area contributed by atoms with Crippen LogP contribution in [0.5, 0.6) is 0 Å². The zero-order valence-electron chi connectivity index (χ0n) is 10.2. The predicted octanol–water partition coefficient (Wildman–Crippen LogP) is -0.779. The lowest BCUT2D eigenvalue weighted by atomic mass is 10.0. The van der Waals surface area contributed by atoms with Crippen LogP contribution in [0.4, 0.5) is 0 Å². The third-order valence-corrected chi connectivity index (χ3v) is 5.72. The average molecular weight is 277 g/mol. The molecule has 2 aliphatic rings. The van der Waals surface area contributed by atoms with Crippen molar-refractivity contribution in [2.75, 3.05) is 25.5 Å². The van der Waals surface area contributed by atoms with Crippen LogP contribution in [-0.2, 0) is 19.4 Å². The van der Waals surface area contributed by atoms with E-state index in [4.69, 9.17) is 4.74 Å². The van der Waals surface area contributed by atoms with Gasteiger partial charge in [0.1, 0.15) is 10.9 Å². The highest BCUT2D eigenvalue weighted by molar-refractivity contribution is 7.92. The van der Waals surface area contributed by atoms with Crippen LogP contribution in [0.2, 0.25) is 0 Å². The van der Waals surface area contributed by atoms with Crippen LogP contribution >= 0.6 is 0 Å². The Morgan fingerprint density at radius 3 is 2.83 bits per heavy atom. The van der Waals surface area contributed by atoms with E-state index < -0.39 is 26.6 Å². The minimum atomic E-state index is -3.31. The second-order valence-electron chi connectivity index (χ2n) is 5.10. The fraction of sp³-hybridized carbons (Fsp3) is 0.909. The van der Waals surface area contributed by atoms with Gasteiger partial charge in [-0.3, -0.25) is 4.79 Å². The number of nitrogens with one attached hydrogen (secondary N) is 1. The highest BCUT2D eigenvalue weighted by atomic mass is 32.2. The molecule has 0 aromatic heterocycles. The second-order valence-corrected chi connectivity index (χ2v) is 7.40. The van der Waals surface area contributed by atoms with Crippen molar-refractivity contribution < 1.29 is 23.1 Å². The Morgan fingerprint density at radius 2 is 2.22 bits per heavy atom. The molecule has 2 rings (SSSR count). The number of ether oxygens (including phenoxy) is 1. The number of sulfone groups is 1. The molecule has 0 aromatic carbocycles. The molecule has 18 heavy (non-hydrogen) atoms. The minimum Gasteiger partial charge on any atom is -0.386 e. The molecule has 104 valence electrons. The molecule has 0 aromatic rings. The van der Waals surface area contributed by atoms with Gasteiger partial charge in [0.25, 0.3) is 0 Å². The highest BCUT2D eigenvalue weighted by Crippen LogP contribution is 2.21. The van der Waals surface area contributed by atoms with Crippen molar-refractivity contribution in [3.63, 3.8) is 0 Å². The molecule has 0 radical (unpaired) electrons. The summed E-state index contributed by atoms with van der Waals surface area (Å²) in [7, 11) is -3.31. The van der Waals surface area contributed by atoms with Crippen molar-refractivity contribution in [1.29, 1.82) is 0 Å². The summed E-state index contributed by atoms with van der Waals surface area (Å²) in [4.78, 5) is 11.9. The van der Waals surface area contributed by atoms with Crippen LogP contribution in [-0.4, -0.2) is 55.8 Å². The quantitative estimate of drug-likeness (QED) is 0.706. The maximum absolute atomic E-state index is 11.9. The number of rotatable bonds is 3. The number of amides is 1. The smallest absolute Gasteiger partial charge is 0.238 e. The van der Waals surface area contributed by atoms with Crippen molar-refractivity contribution >= 4 is 15.7 Å². The standard InChI is InChI=1S/C11H19NO5S/c13-10(9-3-1-2-6-18(9,15)16)12-7-11(14)4-5-17-8-11/h9,14H,1-8H2,(H,12,13). The molecule has 0 aliphatic carbocycles. The second kappa shape index (κ2) is 5.14. The fourth-order valence-electron chi connectivity index (χ4n) is 2.35. The predicted molar refractivity (Wildman–Crippen MR) is 64.8 cm³/mol. The van der Waals surface area contributed by atoms with Crippen LogP contribution in [0.25, 0.3) is 0 Å². The summed E-state index contributed by atoms with van der Waals surface area (Å²) < 4.78 is 28.6. The molecule has 6 nitrogen and oxygen atoms in total. The van der Waals surface area contributed by atoms with Crippen molar-refractivity contribution in [2.45, 2.75) is 36.5 Å². The maximum Gasteiger partial charge on any atom is 0.238 e. The molecule has 2 aliphatic heterocycles. The van der Waals surface area contributed by atoms with E-state index >= 15 is 0 Å². The van der Waals surface area contributed by atoms with Gasteiger partial charge in [0.15, 0.2) is 9.84 Å². The van der Waals surface area contributed by atoms with E-state index in [1.54, 1.807) is 0 Å². The molecule has 2 N–H and O–H groups in total. The Hall–Kier alpha value is -0.660. The first-order valence-electron chi connectivity index (χ1n) is 6.22. The Labute approximate surface area is 107 Å². The van der Waals surface area contributed by atoms with Crippen LogP contribution in [0, 0.1) is 0 Å². The van der Waals surface area contributed by atoms with Gasteiger partial charge in [0.2, 0.25) is 5.91 Å². The number of carbonyl (C=O) groups is 1. The van der Waals surface area contributed by atoms with Gasteiger partial charge in [-0.1, -0.05) is 6.42 Å². The lowest BCUT2D eigenvalue weighted by molar-refractivity contribution is -0.122. The van der Waals surface area contributed by atoms with E-state index in [1.807, 2.05) is 0 Å². The summed E-state index contributed by atoms with van der Waals surface area (Å²) in [6.07, 6.45) is 2.22. The lowest BCUT2D eigenvalue weighted by Gasteiger charge is -2.25. The summed E-state index contributed by atoms with van der Waals surface area (Å²) >= 11 is 0. The molecule has 2 fully saturated rings. The van der Waals surface area contributed by atoms with Crippen molar-refractivity contribution in [3.05, 3.63) is 0 Å². The maximum atomic E-state index is 11.9. The first-order chi connectivity index (χ1) is 8.43. The van der Waals surface area contributed by atoms with Crippen LogP contribution in [0.3, 0.4) is 0 Å². The van der Waals surface area contributed by atoms with Gasteiger partial charge in [-0.05, 0) is 12.8 Å². The van der Waals surface area contributed by atoms with E-state index in [2.05, 4.69) is 5.32 Å². The van der Waals surface area contributed by atoms with Crippen LogP contribution in [0.1, 0.15) is 25.7 Å². The molecule has 0 spiro atoms. The fourth-order valence-corrected chi connectivity index (χ4v) is 4.18. The average Bonchev–Trinajstić information content (AvgIpc) is 2.73. The molecular weight excluding hydrogens is 258 g/mol. The number of hydrogen-bond donors (Lipinski definition) is 2. The molecule has 0 saturated carbocycles. The molecule has 2 unspecified atom stereocenters. The van der Waals surface area contributed by atoms with Gasteiger partial charge in [-0.15, -0.1) is 0 Å². The third kappa shape index (κ3) is 3.02. The first kappa shape index (κ1) is 13.8. The van der Waals surface area contributed by atoms with E-state index in [9.17, 15) is 18.3 Å². The first-order valence-corrected chi connectivity index (χ1v) is 7.94. The number of aliphatic hydroxyl groups is 1. The number of carbonyl (C=O) groups excluding carboxylic acids is 1. The Bertz CT molecular complexity index is 413. The summed E-state index contributed by atoms with van der Waals surface area (Å²) in [6, 6.07) is 0. The topological polar surface area (TPSA) is 92.7 Å². The zero-order chi connectivity index (χ0) is 13.2. The van der Waals surface area contributed by atoms with Gasteiger partial charge >= 0.3 is 0 Å². The van der Waals surface area contributed by atoms with Crippen molar-refractivity contribution in [1.82, 2.24) is 5.32 Å². The zero-order valence-corrected chi connectivity index (χ0v) is 11.0. The lowest BCUT2D eigenvalue weighted by Crippen LogP contribution is -2.49. The van der Waals surface area contributed by atoms with E-state index in [-0.39, 0.29) is 18.9 Å². The number of hydrogen-bond acceptors (Lipinski definition) is 5. The van der Waals surface area contributed by atoms with Crippen LogP contribution in [0.15, 0.2) is 0 Å². The van der Waals surface area contributed by atoms with Crippen LogP contribution < -0.4 is 5.32 Å². The molecule has 2 heterocycles. The minimum absolute atomic E-state index is 0.0534. The SMILES string of the molecule is O=C(NCC1(O)CCOC1)C1CCCCS1(=O)=O. The normalized spacial score (nSPS) is 35.3. The Balaban J connectivity index is 1.91. The Morgan fingerprint density at radius 1 is 1.44 bits per heavy atom. The van der Waals surface area contributed by atoms with E-state index in [0.29, 0.717) is 25.9 Å². The largest absolute Gasteiger partial charge is 0.386 e. The van der Waals surface area contributed by atoms with Crippen molar-refractivity contribution in [3.8, 4) is 0 Å². The molecule has 0 bridgehead atoms. The molecule has 2 atom stereocenters. The summed E-state index contributed by atoms with van der Waals surface area (Å²) in [6.45, 7) is 0.705. The summed E-state index contributed by atoms with van der Waals surface area (Å²) in [5.74, 6) is -0.409. The molecule has 2 saturated heterocycles. The highest BCUT2D eigenvalue weighted by Gasteiger charge is 2.37. The van der Waals surface area contributed by atoms with Gasteiger partial charge < -0.3 is 15.2 Å².